The van der Waals surface area contributed by atoms with Crippen LogP contribution in [-0.4, -0.2) is 28.8 Å². The van der Waals surface area contributed by atoms with Crippen molar-refractivity contribution in [1.82, 2.24) is 0 Å². The summed E-state index contributed by atoms with van der Waals surface area (Å²) in [5, 5.41) is 21.7. The van der Waals surface area contributed by atoms with Crippen molar-refractivity contribution in [3.63, 3.8) is 0 Å². The number of hydrogen-bond acceptors (Lipinski definition) is 3. The Labute approximate surface area is 59.8 Å². The predicted molar refractivity (Wildman–Crippen MR) is 36.4 cm³/mol. The van der Waals surface area contributed by atoms with Crippen LogP contribution in [0.15, 0.2) is 0 Å². The fourth-order valence-electron chi connectivity index (χ4n) is 0. The summed E-state index contributed by atoms with van der Waals surface area (Å²) in [6.45, 7) is 2.51. The lowest BCUT2D eigenvalue weighted by atomic mass is 10.9. The van der Waals surface area contributed by atoms with Crippen LogP contribution in [0.5, 0.6) is 0 Å². The van der Waals surface area contributed by atoms with Crippen molar-refractivity contribution < 1.29 is 20.5 Å². The molecule has 0 radical (unpaired) electrons. The lowest BCUT2D eigenvalue weighted by Gasteiger charge is -1.59. The summed E-state index contributed by atoms with van der Waals surface area (Å²) in [6, 6.07) is 1.75. The minimum atomic E-state index is -0.833. The van der Waals surface area contributed by atoms with Crippen LogP contribution in [-0.2, 0) is 4.79 Å². The summed E-state index contributed by atoms with van der Waals surface area (Å²) in [4.78, 5) is 9.00. The van der Waals surface area contributed by atoms with Gasteiger partial charge in [0.15, 0.2) is 0 Å². The maximum absolute atomic E-state index is 9.00. The summed E-state index contributed by atoms with van der Waals surface area (Å²) >= 11 is 0. The molecule has 0 rings (SSSR count). The number of rotatable bonds is 0. The summed E-state index contributed by atoms with van der Waals surface area (Å²) in [5.74, 6) is -0.833. The number of carboxylic acids is 1. The molecule has 5 nitrogen and oxygen atoms in total. The zero-order valence-corrected chi connectivity index (χ0v) is 6.25. The Kier molecular flexibility index (Phi) is 104. The zero-order valence-electron chi connectivity index (χ0n) is 6.25. The highest BCUT2D eigenvalue weighted by atomic mass is 16.4. The lowest BCUT2D eigenvalue weighted by Crippen LogP contribution is -1.78. The first-order valence-corrected chi connectivity index (χ1v) is 2.10. The standard InChI is InChI=1S/C2H3N.C2H4O2.CH4O.H2O/c1-2-3;1-2(3)4;1-2;/h1H3;1H3,(H,3,4);2H,1H3;1H2. The number of nitriles is 1. The van der Waals surface area contributed by atoms with Gasteiger partial charge in [0.2, 0.25) is 0 Å². The van der Waals surface area contributed by atoms with Crippen LogP contribution < -0.4 is 0 Å². The smallest absolute Gasteiger partial charge is 0.300 e. The van der Waals surface area contributed by atoms with Gasteiger partial charge in [-0.25, -0.2) is 0 Å². The minimum absolute atomic E-state index is 0. The van der Waals surface area contributed by atoms with Crippen molar-refractivity contribution in [1.29, 1.82) is 5.26 Å². The third-order valence-corrected chi connectivity index (χ3v) is 0. The van der Waals surface area contributed by atoms with E-state index < -0.39 is 5.97 Å². The first kappa shape index (κ1) is 23.2. The second-order valence-corrected chi connectivity index (χ2v) is 0.743. The van der Waals surface area contributed by atoms with Crippen molar-refractivity contribution in [3.8, 4) is 6.07 Å². The van der Waals surface area contributed by atoms with Crippen LogP contribution in [0.1, 0.15) is 13.8 Å². The van der Waals surface area contributed by atoms with Gasteiger partial charge in [-0.05, 0) is 0 Å². The highest BCUT2D eigenvalue weighted by Crippen LogP contribution is 1.42. The van der Waals surface area contributed by atoms with E-state index in [2.05, 4.69) is 0 Å². The molecular formula is C5H13NO4. The molecule has 0 aromatic heterocycles. The van der Waals surface area contributed by atoms with Gasteiger partial charge in [-0.2, -0.15) is 5.26 Å². The fraction of sp³-hybridized carbons (Fsp3) is 0.600. The van der Waals surface area contributed by atoms with Crippen molar-refractivity contribution in [2.75, 3.05) is 7.11 Å². The first-order chi connectivity index (χ1) is 4.15. The van der Waals surface area contributed by atoms with E-state index in [-0.39, 0.29) is 5.48 Å². The zero-order chi connectivity index (χ0) is 8.28. The number of carbonyl (C=O) groups is 1. The molecule has 0 spiro atoms. The summed E-state index contributed by atoms with van der Waals surface area (Å²) in [7, 11) is 1.00. The van der Waals surface area contributed by atoms with E-state index in [1.54, 1.807) is 6.07 Å². The Balaban J connectivity index is -0.0000000273. The average molecular weight is 151 g/mol. The maximum Gasteiger partial charge on any atom is 0.300 e. The molecule has 62 valence electrons. The normalized spacial score (nSPS) is 3.90. The monoisotopic (exact) mass is 151 g/mol. The second-order valence-electron chi connectivity index (χ2n) is 0.743. The molecule has 0 bridgehead atoms. The van der Waals surface area contributed by atoms with Gasteiger partial charge in [0.25, 0.3) is 5.97 Å². The van der Waals surface area contributed by atoms with E-state index in [9.17, 15) is 0 Å². The van der Waals surface area contributed by atoms with E-state index in [0.29, 0.717) is 0 Å². The number of aliphatic carboxylic acids is 1. The van der Waals surface area contributed by atoms with Gasteiger partial charge in [-0.1, -0.05) is 0 Å². The molecule has 0 unspecified atom stereocenters. The molecule has 0 aromatic carbocycles. The molecule has 10 heavy (non-hydrogen) atoms. The van der Waals surface area contributed by atoms with E-state index >= 15 is 0 Å². The molecular weight excluding hydrogens is 138 g/mol. The first-order valence-electron chi connectivity index (χ1n) is 2.10. The van der Waals surface area contributed by atoms with Crippen molar-refractivity contribution in [2.45, 2.75) is 13.8 Å². The minimum Gasteiger partial charge on any atom is -0.481 e. The van der Waals surface area contributed by atoms with Gasteiger partial charge in [-0.15, -0.1) is 0 Å². The molecule has 0 heterocycles. The topological polar surface area (TPSA) is 113 Å². The third-order valence-electron chi connectivity index (χ3n) is 0. The van der Waals surface area contributed by atoms with Gasteiger partial charge in [0, 0.05) is 21.0 Å². The molecule has 0 aromatic rings. The highest BCUT2D eigenvalue weighted by molar-refractivity contribution is 5.62. The van der Waals surface area contributed by atoms with Gasteiger partial charge in [-0.3, -0.25) is 4.79 Å². The second kappa shape index (κ2) is 45.0. The predicted octanol–water partition coefficient (Wildman–Crippen LogP) is -0.595. The Morgan fingerprint density at radius 1 is 1.50 bits per heavy atom. The molecule has 0 amide bonds. The van der Waals surface area contributed by atoms with Crippen LogP contribution in [0.4, 0.5) is 0 Å². The van der Waals surface area contributed by atoms with E-state index in [1.165, 1.54) is 6.92 Å². The Bertz CT molecular complexity index is 82.1. The number of aliphatic hydroxyl groups is 1. The van der Waals surface area contributed by atoms with Gasteiger partial charge in [0.05, 0.1) is 6.07 Å². The average Bonchev–Trinajstić information content (AvgIpc) is 1.71. The Hall–Kier alpha value is -1.12. The fourth-order valence-corrected chi connectivity index (χ4v) is 0. The highest BCUT2D eigenvalue weighted by Gasteiger charge is 1.65. The summed E-state index contributed by atoms with van der Waals surface area (Å²) < 4.78 is 0. The van der Waals surface area contributed by atoms with Gasteiger partial charge >= 0.3 is 0 Å². The lowest BCUT2D eigenvalue weighted by molar-refractivity contribution is -0.134. The molecule has 5 heteroatoms. The van der Waals surface area contributed by atoms with Gasteiger partial charge < -0.3 is 15.7 Å². The molecule has 0 saturated heterocycles. The van der Waals surface area contributed by atoms with Crippen LogP contribution in [0.25, 0.3) is 0 Å². The molecule has 4 N–H and O–H groups in total. The van der Waals surface area contributed by atoms with Crippen LogP contribution in [0.3, 0.4) is 0 Å². The molecule has 0 fully saturated rings. The van der Waals surface area contributed by atoms with E-state index in [4.69, 9.17) is 20.3 Å². The van der Waals surface area contributed by atoms with E-state index in [1.807, 2.05) is 0 Å². The summed E-state index contributed by atoms with van der Waals surface area (Å²) in [5.41, 5.74) is 0. The van der Waals surface area contributed by atoms with Crippen molar-refractivity contribution >= 4 is 5.97 Å². The molecule has 0 saturated carbocycles. The quantitative estimate of drug-likeness (QED) is 0.481. The number of carboxylic acid groups (broad SMARTS) is 1. The Morgan fingerprint density at radius 3 is 1.50 bits per heavy atom. The number of aliphatic hydroxyl groups excluding tert-OH is 1. The van der Waals surface area contributed by atoms with Crippen LogP contribution in [0, 0.1) is 11.3 Å². The summed E-state index contributed by atoms with van der Waals surface area (Å²) in [6.07, 6.45) is 0. The van der Waals surface area contributed by atoms with Crippen molar-refractivity contribution in [3.05, 3.63) is 0 Å². The van der Waals surface area contributed by atoms with Gasteiger partial charge in [0.1, 0.15) is 0 Å². The molecule has 0 aliphatic heterocycles. The third kappa shape index (κ3) is 190. The number of hydrogen-bond donors (Lipinski definition) is 2. The number of nitrogens with zero attached hydrogens (tertiary/aromatic N) is 1. The molecule has 0 atom stereocenters. The molecule has 0 aliphatic rings. The Morgan fingerprint density at radius 2 is 1.50 bits per heavy atom. The SMILES string of the molecule is CC#N.CC(=O)O.CO.O. The van der Waals surface area contributed by atoms with Crippen molar-refractivity contribution in [2.24, 2.45) is 0 Å². The maximum atomic E-state index is 9.00. The van der Waals surface area contributed by atoms with Crippen LogP contribution in [0.2, 0.25) is 0 Å². The largest absolute Gasteiger partial charge is 0.481 e. The van der Waals surface area contributed by atoms with E-state index in [0.717, 1.165) is 14.0 Å². The molecule has 0 aliphatic carbocycles. The van der Waals surface area contributed by atoms with Crippen LogP contribution >= 0.6 is 0 Å².